The van der Waals surface area contributed by atoms with Crippen LogP contribution in [-0.4, -0.2) is 43.6 Å². The van der Waals surface area contributed by atoms with Gasteiger partial charge in [0.25, 0.3) is 0 Å². The standard InChI is InChI=1S/C14H32N4/c1-4-7-8-9-10-16-14(15)17-11-13-18(6-3)12-5-2/h4-13H2,1-3H3,(H3,15,16,17). The molecule has 0 fully saturated rings. The highest BCUT2D eigenvalue weighted by Gasteiger charge is 1.99. The summed E-state index contributed by atoms with van der Waals surface area (Å²) in [6.45, 7) is 11.7. The van der Waals surface area contributed by atoms with Crippen LogP contribution in [0, 0.1) is 0 Å². The molecule has 0 aliphatic heterocycles. The number of unbranched alkanes of at least 4 members (excludes halogenated alkanes) is 3. The van der Waals surface area contributed by atoms with E-state index in [1.54, 1.807) is 0 Å². The van der Waals surface area contributed by atoms with E-state index in [1.165, 1.54) is 25.7 Å². The van der Waals surface area contributed by atoms with Crippen molar-refractivity contribution < 1.29 is 0 Å². The molecule has 0 aliphatic rings. The van der Waals surface area contributed by atoms with Crippen molar-refractivity contribution >= 4 is 5.96 Å². The molecule has 0 aromatic rings. The Bertz CT molecular complexity index is 204. The van der Waals surface area contributed by atoms with Crippen LogP contribution in [0.3, 0.4) is 0 Å². The molecule has 0 rings (SSSR count). The number of rotatable bonds is 11. The molecule has 0 amide bonds. The quantitative estimate of drug-likeness (QED) is 0.338. The van der Waals surface area contributed by atoms with Gasteiger partial charge in [-0.15, -0.1) is 0 Å². The first-order chi connectivity index (χ1) is 8.74. The summed E-state index contributed by atoms with van der Waals surface area (Å²) in [4.78, 5) is 6.75. The van der Waals surface area contributed by atoms with Crippen LogP contribution in [0.5, 0.6) is 0 Å². The van der Waals surface area contributed by atoms with Gasteiger partial charge in [-0.1, -0.05) is 40.0 Å². The van der Waals surface area contributed by atoms with Crippen LogP contribution < -0.4 is 11.1 Å². The second-order valence-electron chi connectivity index (χ2n) is 4.69. The topological polar surface area (TPSA) is 53.6 Å². The SMILES string of the molecule is CCCCCCN=C(N)NCCN(CC)CCC. The van der Waals surface area contributed by atoms with E-state index in [0.717, 1.165) is 39.1 Å². The molecule has 0 bridgehead atoms. The number of nitrogens with one attached hydrogen (secondary N) is 1. The monoisotopic (exact) mass is 256 g/mol. The molecule has 0 radical (unpaired) electrons. The molecule has 18 heavy (non-hydrogen) atoms. The summed E-state index contributed by atoms with van der Waals surface area (Å²) in [5.41, 5.74) is 5.81. The first kappa shape index (κ1) is 17.2. The zero-order chi connectivity index (χ0) is 13.6. The largest absolute Gasteiger partial charge is 0.370 e. The lowest BCUT2D eigenvalue weighted by atomic mass is 10.2. The van der Waals surface area contributed by atoms with Crippen molar-refractivity contribution in [3.8, 4) is 0 Å². The third-order valence-corrected chi connectivity index (χ3v) is 3.02. The maximum Gasteiger partial charge on any atom is 0.188 e. The molecule has 3 N–H and O–H groups in total. The predicted octanol–water partition coefficient (Wildman–Crippen LogP) is 2.20. The Hall–Kier alpha value is -0.770. The van der Waals surface area contributed by atoms with E-state index >= 15 is 0 Å². The summed E-state index contributed by atoms with van der Waals surface area (Å²) in [5.74, 6) is 0.596. The van der Waals surface area contributed by atoms with Crippen molar-refractivity contribution in [2.45, 2.75) is 52.9 Å². The van der Waals surface area contributed by atoms with Gasteiger partial charge in [0, 0.05) is 19.6 Å². The predicted molar refractivity (Wildman–Crippen MR) is 81.0 cm³/mol. The van der Waals surface area contributed by atoms with Gasteiger partial charge in [0.1, 0.15) is 0 Å². The van der Waals surface area contributed by atoms with Gasteiger partial charge >= 0.3 is 0 Å². The van der Waals surface area contributed by atoms with E-state index in [9.17, 15) is 0 Å². The number of guanidine groups is 1. The lowest BCUT2D eigenvalue weighted by Crippen LogP contribution is -2.38. The molecule has 0 aromatic carbocycles. The Morgan fingerprint density at radius 3 is 2.44 bits per heavy atom. The van der Waals surface area contributed by atoms with Crippen LogP contribution in [0.4, 0.5) is 0 Å². The zero-order valence-electron chi connectivity index (χ0n) is 12.5. The first-order valence-corrected chi connectivity index (χ1v) is 7.50. The Kier molecular flexibility index (Phi) is 12.1. The van der Waals surface area contributed by atoms with Crippen molar-refractivity contribution in [2.24, 2.45) is 10.7 Å². The normalized spacial score (nSPS) is 12.1. The second kappa shape index (κ2) is 12.7. The lowest BCUT2D eigenvalue weighted by molar-refractivity contribution is 0.293. The summed E-state index contributed by atoms with van der Waals surface area (Å²) in [7, 11) is 0. The smallest absolute Gasteiger partial charge is 0.188 e. The van der Waals surface area contributed by atoms with E-state index < -0.39 is 0 Å². The van der Waals surface area contributed by atoms with Gasteiger partial charge in [-0.25, -0.2) is 0 Å². The van der Waals surface area contributed by atoms with Gasteiger partial charge < -0.3 is 16.0 Å². The van der Waals surface area contributed by atoms with Crippen LogP contribution in [0.15, 0.2) is 4.99 Å². The number of nitrogens with two attached hydrogens (primary N) is 1. The molecule has 0 saturated carbocycles. The average molecular weight is 256 g/mol. The van der Waals surface area contributed by atoms with Gasteiger partial charge in [-0.05, 0) is 25.9 Å². The van der Waals surface area contributed by atoms with Crippen LogP contribution in [-0.2, 0) is 0 Å². The van der Waals surface area contributed by atoms with Gasteiger partial charge in [0.05, 0.1) is 0 Å². The number of nitrogens with zero attached hydrogens (tertiary/aromatic N) is 2. The molecule has 0 unspecified atom stereocenters. The van der Waals surface area contributed by atoms with Crippen LogP contribution >= 0.6 is 0 Å². The van der Waals surface area contributed by atoms with Crippen molar-refractivity contribution in [1.82, 2.24) is 10.2 Å². The van der Waals surface area contributed by atoms with E-state index in [2.05, 4.69) is 36.0 Å². The molecule has 0 aromatic heterocycles. The number of hydrogen-bond acceptors (Lipinski definition) is 2. The van der Waals surface area contributed by atoms with Gasteiger partial charge in [0.2, 0.25) is 0 Å². The van der Waals surface area contributed by atoms with Crippen LogP contribution in [0.1, 0.15) is 52.9 Å². The maximum atomic E-state index is 5.81. The van der Waals surface area contributed by atoms with Gasteiger partial charge in [-0.3, -0.25) is 4.99 Å². The zero-order valence-corrected chi connectivity index (χ0v) is 12.5. The second-order valence-corrected chi connectivity index (χ2v) is 4.69. The summed E-state index contributed by atoms with van der Waals surface area (Å²) >= 11 is 0. The highest BCUT2D eigenvalue weighted by molar-refractivity contribution is 5.77. The summed E-state index contributed by atoms with van der Waals surface area (Å²) in [5, 5.41) is 3.18. The Labute approximate surface area is 113 Å². The number of aliphatic imine (C=N–C) groups is 1. The minimum atomic E-state index is 0.596. The number of hydrogen-bond donors (Lipinski definition) is 2. The third-order valence-electron chi connectivity index (χ3n) is 3.02. The molecular weight excluding hydrogens is 224 g/mol. The minimum Gasteiger partial charge on any atom is -0.370 e. The lowest BCUT2D eigenvalue weighted by Gasteiger charge is -2.19. The van der Waals surface area contributed by atoms with Gasteiger partial charge in [-0.2, -0.15) is 0 Å². The molecule has 0 atom stereocenters. The first-order valence-electron chi connectivity index (χ1n) is 7.50. The van der Waals surface area contributed by atoms with E-state index in [-0.39, 0.29) is 0 Å². The Balaban J connectivity index is 3.55. The van der Waals surface area contributed by atoms with Crippen molar-refractivity contribution in [2.75, 3.05) is 32.7 Å². The molecule has 4 nitrogen and oxygen atoms in total. The Morgan fingerprint density at radius 2 is 1.83 bits per heavy atom. The van der Waals surface area contributed by atoms with E-state index in [1.807, 2.05) is 0 Å². The highest BCUT2D eigenvalue weighted by atomic mass is 15.2. The minimum absolute atomic E-state index is 0.596. The van der Waals surface area contributed by atoms with Crippen molar-refractivity contribution in [3.63, 3.8) is 0 Å². The average Bonchev–Trinajstić information content (AvgIpc) is 2.37. The van der Waals surface area contributed by atoms with E-state index in [0.29, 0.717) is 5.96 Å². The van der Waals surface area contributed by atoms with Crippen molar-refractivity contribution in [3.05, 3.63) is 0 Å². The van der Waals surface area contributed by atoms with Crippen molar-refractivity contribution in [1.29, 1.82) is 0 Å². The van der Waals surface area contributed by atoms with E-state index in [4.69, 9.17) is 5.73 Å². The fourth-order valence-corrected chi connectivity index (χ4v) is 1.88. The van der Waals surface area contributed by atoms with Crippen LogP contribution in [0.25, 0.3) is 0 Å². The van der Waals surface area contributed by atoms with Gasteiger partial charge in [0.15, 0.2) is 5.96 Å². The molecule has 0 spiro atoms. The molecule has 108 valence electrons. The summed E-state index contributed by atoms with van der Waals surface area (Å²) < 4.78 is 0. The fourth-order valence-electron chi connectivity index (χ4n) is 1.88. The molecule has 4 heteroatoms. The number of likely N-dealkylation sites (N-methyl/N-ethyl adjacent to an activating group) is 1. The summed E-state index contributed by atoms with van der Waals surface area (Å²) in [6, 6.07) is 0. The maximum absolute atomic E-state index is 5.81. The van der Waals surface area contributed by atoms with Crippen LogP contribution in [0.2, 0.25) is 0 Å². The molecule has 0 aliphatic carbocycles. The third kappa shape index (κ3) is 10.4. The molecule has 0 heterocycles. The Morgan fingerprint density at radius 1 is 1.06 bits per heavy atom. The molecule has 0 saturated heterocycles. The highest BCUT2D eigenvalue weighted by Crippen LogP contribution is 1.98. The molecular formula is C14H32N4. The fraction of sp³-hybridized carbons (Fsp3) is 0.929. The summed E-state index contributed by atoms with van der Waals surface area (Å²) in [6.07, 6.45) is 6.17.